The molecule has 5 N–H and O–H groups in total. The van der Waals surface area contributed by atoms with Gasteiger partial charge in [-0.2, -0.15) is 0 Å². The van der Waals surface area contributed by atoms with Gasteiger partial charge in [0.2, 0.25) is 6.41 Å². The van der Waals surface area contributed by atoms with Gasteiger partial charge in [0.1, 0.15) is 12.2 Å². The summed E-state index contributed by atoms with van der Waals surface area (Å²) < 4.78 is 0. The second-order valence-corrected chi connectivity index (χ2v) is 2.33. The summed E-state index contributed by atoms with van der Waals surface area (Å²) in [6.45, 7) is -0.805. The quantitative estimate of drug-likeness (QED) is 0.276. The third-order valence-electron chi connectivity index (χ3n) is 1.39. The summed E-state index contributed by atoms with van der Waals surface area (Å²) in [5.41, 5.74) is 0. The molecule has 0 rings (SSSR count). The van der Waals surface area contributed by atoms with Crippen LogP contribution < -0.4 is 5.32 Å². The number of hydrogen-bond acceptors (Lipinski definition) is 5. The Hall–Kier alpha value is -0.690. The summed E-state index contributed by atoms with van der Waals surface area (Å²) in [5.74, 6) is 0. The molecule has 0 aromatic heterocycles. The van der Waals surface area contributed by atoms with Crippen LogP contribution in [0.5, 0.6) is 0 Å². The van der Waals surface area contributed by atoms with E-state index in [1.54, 1.807) is 0 Å². The molecule has 1 amide bonds. The Labute approximate surface area is 69.5 Å². The number of hydrogen-bond donors (Lipinski definition) is 5. The third-order valence-corrected chi connectivity index (χ3v) is 1.39. The molecule has 6 heteroatoms. The fraction of sp³-hybridized carbons (Fsp3) is 0.833. The van der Waals surface area contributed by atoms with Gasteiger partial charge in [-0.25, -0.2) is 0 Å². The maximum atomic E-state index is 9.76. The highest BCUT2D eigenvalue weighted by Crippen LogP contribution is 1.98. The first-order valence-corrected chi connectivity index (χ1v) is 3.45. The van der Waals surface area contributed by atoms with Crippen molar-refractivity contribution in [3.8, 4) is 0 Å². The van der Waals surface area contributed by atoms with Crippen molar-refractivity contribution in [2.24, 2.45) is 0 Å². The van der Waals surface area contributed by atoms with Crippen molar-refractivity contribution in [2.75, 3.05) is 13.2 Å². The molecule has 0 saturated heterocycles. The lowest BCUT2D eigenvalue weighted by atomic mass is 10.1. The molecule has 0 aromatic rings. The minimum absolute atomic E-state index is 0.165. The van der Waals surface area contributed by atoms with Crippen molar-refractivity contribution < 1.29 is 25.2 Å². The average molecular weight is 179 g/mol. The highest BCUT2D eigenvalue weighted by molar-refractivity contribution is 5.45. The fourth-order valence-electron chi connectivity index (χ4n) is 0.654. The number of carbonyl (C=O) groups excluding carboxylic acids is 1. The summed E-state index contributed by atoms with van der Waals surface area (Å²) >= 11 is 0. The Kier molecular flexibility index (Phi) is 5.56. The fourth-order valence-corrected chi connectivity index (χ4v) is 0.654. The van der Waals surface area contributed by atoms with Crippen molar-refractivity contribution in [1.29, 1.82) is 0 Å². The van der Waals surface area contributed by atoms with Gasteiger partial charge in [0.25, 0.3) is 0 Å². The Bertz CT molecular complexity index is 131. The molecule has 0 saturated carbocycles. The minimum atomic E-state index is -1.46. The van der Waals surface area contributed by atoms with Gasteiger partial charge in [-0.1, -0.05) is 0 Å². The Morgan fingerprint density at radius 3 is 2.25 bits per heavy atom. The second kappa shape index (κ2) is 5.90. The lowest BCUT2D eigenvalue weighted by Crippen LogP contribution is -2.44. The van der Waals surface area contributed by atoms with E-state index in [4.69, 9.17) is 20.4 Å². The number of carbonyl (C=O) groups is 1. The first-order chi connectivity index (χ1) is 5.63. The maximum absolute atomic E-state index is 9.76. The van der Waals surface area contributed by atoms with Gasteiger partial charge < -0.3 is 25.7 Å². The van der Waals surface area contributed by atoms with Gasteiger partial charge in [-0.15, -0.1) is 0 Å². The normalized spacial score (nSPS) is 18.0. The predicted octanol–water partition coefficient (Wildman–Crippen LogP) is -3.19. The average Bonchev–Trinajstić information content (AvgIpc) is 2.11. The van der Waals surface area contributed by atoms with E-state index >= 15 is 0 Å². The number of nitrogens with one attached hydrogen (secondary N) is 1. The van der Waals surface area contributed by atoms with Crippen LogP contribution in [0.4, 0.5) is 0 Å². The van der Waals surface area contributed by atoms with Crippen LogP contribution in [0, 0.1) is 0 Å². The number of aliphatic hydroxyl groups is 4. The van der Waals surface area contributed by atoms with Crippen LogP contribution in [0.3, 0.4) is 0 Å². The molecule has 0 spiro atoms. The Morgan fingerprint density at radius 2 is 1.83 bits per heavy atom. The summed E-state index contributed by atoms with van der Waals surface area (Å²) in [6.07, 6.45) is -3.77. The van der Waals surface area contributed by atoms with Crippen LogP contribution in [0.1, 0.15) is 0 Å². The van der Waals surface area contributed by atoms with Crippen molar-refractivity contribution in [3.63, 3.8) is 0 Å². The highest BCUT2D eigenvalue weighted by Gasteiger charge is 2.23. The van der Waals surface area contributed by atoms with Crippen LogP contribution >= 0.6 is 0 Å². The lowest BCUT2D eigenvalue weighted by molar-refractivity contribution is -0.111. The molecule has 0 radical (unpaired) electrons. The van der Waals surface area contributed by atoms with Crippen molar-refractivity contribution >= 4 is 6.41 Å². The topological polar surface area (TPSA) is 110 Å². The summed E-state index contributed by atoms with van der Waals surface area (Å²) in [4.78, 5) is 9.76. The van der Waals surface area contributed by atoms with Crippen LogP contribution in [0.15, 0.2) is 0 Å². The molecule has 3 atom stereocenters. The van der Waals surface area contributed by atoms with Gasteiger partial charge in [-0.3, -0.25) is 4.79 Å². The van der Waals surface area contributed by atoms with E-state index in [1.807, 2.05) is 0 Å². The second-order valence-electron chi connectivity index (χ2n) is 2.33. The first kappa shape index (κ1) is 11.3. The van der Waals surface area contributed by atoms with Crippen LogP contribution in [0.2, 0.25) is 0 Å². The number of aliphatic hydroxyl groups excluding tert-OH is 4. The summed E-state index contributed by atoms with van der Waals surface area (Å²) in [7, 11) is 0. The minimum Gasteiger partial charge on any atom is -0.394 e. The first-order valence-electron chi connectivity index (χ1n) is 3.45. The SMILES string of the molecule is O=CNC[C@H](O)[C@@H](O)[C@@H](O)CO. The number of rotatable bonds is 6. The molecule has 0 aromatic carbocycles. The van der Waals surface area contributed by atoms with Gasteiger partial charge in [0, 0.05) is 6.54 Å². The third kappa shape index (κ3) is 3.63. The Balaban J connectivity index is 3.74. The summed E-state index contributed by atoms with van der Waals surface area (Å²) in [6, 6.07) is 0. The van der Waals surface area contributed by atoms with E-state index in [-0.39, 0.29) is 6.54 Å². The summed E-state index contributed by atoms with van der Waals surface area (Å²) in [5, 5.41) is 37.3. The zero-order valence-corrected chi connectivity index (χ0v) is 6.42. The zero-order valence-electron chi connectivity index (χ0n) is 6.42. The Morgan fingerprint density at radius 1 is 1.25 bits per heavy atom. The van der Waals surface area contributed by atoms with Crippen LogP contribution in [-0.2, 0) is 4.79 Å². The molecule has 0 fully saturated rings. The van der Waals surface area contributed by atoms with E-state index in [1.165, 1.54) is 0 Å². The van der Waals surface area contributed by atoms with Crippen molar-refractivity contribution in [3.05, 3.63) is 0 Å². The van der Waals surface area contributed by atoms with Gasteiger partial charge in [0.05, 0.1) is 12.7 Å². The largest absolute Gasteiger partial charge is 0.394 e. The molecular weight excluding hydrogens is 166 g/mol. The molecule has 72 valence electrons. The predicted molar refractivity (Wildman–Crippen MR) is 39.2 cm³/mol. The molecule has 0 heterocycles. The molecule has 0 unspecified atom stereocenters. The smallest absolute Gasteiger partial charge is 0.207 e. The van der Waals surface area contributed by atoms with Crippen LogP contribution in [-0.4, -0.2) is 58.3 Å². The van der Waals surface area contributed by atoms with Crippen molar-refractivity contribution in [2.45, 2.75) is 18.3 Å². The number of amides is 1. The molecule has 6 nitrogen and oxygen atoms in total. The molecule has 0 bridgehead atoms. The molecule has 0 aliphatic heterocycles. The van der Waals surface area contributed by atoms with Gasteiger partial charge in [-0.05, 0) is 0 Å². The zero-order chi connectivity index (χ0) is 9.56. The molecule has 0 aliphatic carbocycles. The molecular formula is C6H13NO5. The van der Waals surface area contributed by atoms with E-state index in [0.717, 1.165) is 0 Å². The lowest BCUT2D eigenvalue weighted by Gasteiger charge is -2.20. The van der Waals surface area contributed by atoms with Crippen LogP contribution in [0.25, 0.3) is 0 Å². The van der Waals surface area contributed by atoms with E-state index in [9.17, 15) is 4.79 Å². The van der Waals surface area contributed by atoms with Gasteiger partial charge in [0.15, 0.2) is 0 Å². The standard InChI is InChI=1S/C6H13NO5/c8-2-5(11)6(12)4(10)1-7-3-9/h3-6,8,10-12H,1-2H2,(H,7,9)/t4-,5-,6+/m0/s1. The molecule has 12 heavy (non-hydrogen) atoms. The van der Waals surface area contributed by atoms with Gasteiger partial charge >= 0.3 is 0 Å². The maximum Gasteiger partial charge on any atom is 0.207 e. The monoisotopic (exact) mass is 179 g/mol. The molecule has 0 aliphatic rings. The van der Waals surface area contributed by atoms with Crippen molar-refractivity contribution in [1.82, 2.24) is 5.32 Å². The highest BCUT2D eigenvalue weighted by atomic mass is 16.4. The van der Waals surface area contributed by atoms with E-state index < -0.39 is 24.9 Å². The van der Waals surface area contributed by atoms with E-state index in [2.05, 4.69) is 5.32 Å². The van der Waals surface area contributed by atoms with E-state index in [0.29, 0.717) is 6.41 Å².